The molecule has 3 aromatic carbocycles. The van der Waals surface area contributed by atoms with E-state index in [1.807, 2.05) is 36.4 Å². The fourth-order valence-electron chi connectivity index (χ4n) is 4.69. The van der Waals surface area contributed by atoms with Gasteiger partial charge in [0, 0.05) is 24.2 Å². The molecule has 0 atom stereocenters. The Balaban J connectivity index is 1.33. The standard InChI is InChI=1S/C30H31N3O5/c1-2-3-4-5-6-15-33-25-13-12-23(30(35)36)17-24(25)32-28(33)21-8-10-22(11-9-21)29(34)31-18-20-7-14-26-27(16-20)38-19-37-26/h7-14,16-17H,2-6,15,18-19H2,1H3,(H,31,34)(H,35,36). The van der Waals surface area contributed by atoms with Crippen LogP contribution in [0.15, 0.2) is 60.7 Å². The van der Waals surface area contributed by atoms with Gasteiger partial charge in [-0.05, 0) is 54.4 Å². The second kappa shape index (κ2) is 11.4. The number of carbonyl (C=O) groups is 2. The topological polar surface area (TPSA) is 103 Å². The van der Waals surface area contributed by atoms with E-state index in [1.54, 1.807) is 24.3 Å². The highest BCUT2D eigenvalue weighted by Gasteiger charge is 2.16. The number of imidazole rings is 1. The largest absolute Gasteiger partial charge is 0.478 e. The summed E-state index contributed by atoms with van der Waals surface area (Å²) in [4.78, 5) is 29.1. The Kier molecular flexibility index (Phi) is 7.58. The summed E-state index contributed by atoms with van der Waals surface area (Å²) in [5, 5.41) is 12.4. The molecule has 4 aromatic rings. The fourth-order valence-corrected chi connectivity index (χ4v) is 4.69. The molecule has 0 spiro atoms. The Labute approximate surface area is 221 Å². The number of fused-ring (bicyclic) bond motifs is 2. The van der Waals surface area contributed by atoms with Crippen molar-refractivity contribution in [2.24, 2.45) is 0 Å². The first kappa shape index (κ1) is 25.3. The molecule has 1 aliphatic rings. The molecule has 196 valence electrons. The average molecular weight is 514 g/mol. The lowest BCUT2D eigenvalue weighted by Gasteiger charge is -2.11. The number of rotatable bonds is 11. The van der Waals surface area contributed by atoms with E-state index in [1.165, 1.54) is 19.3 Å². The van der Waals surface area contributed by atoms with E-state index in [0.717, 1.165) is 41.9 Å². The van der Waals surface area contributed by atoms with Gasteiger partial charge >= 0.3 is 5.97 Å². The smallest absolute Gasteiger partial charge is 0.335 e. The zero-order valence-electron chi connectivity index (χ0n) is 21.4. The number of amides is 1. The van der Waals surface area contributed by atoms with Crippen molar-refractivity contribution >= 4 is 22.9 Å². The molecular formula is C30H31N3O5. The summed E-state index contributed by atoms with van der Waals surface area (Å²) in [7, 11) is 0. The summed E-state index contributed by atoms with van der Waals surface area (Å²) in [5.74, 6) is 1.01. The number of unbranched alkanes of at least 4 members (excludes halogenated alkanes) is 4. The van der Waals surface area contributed by atoms with Gasteiger partial charge in [0.1, 0.15) is 5.82 Å². The van der Waals surface area contributed by atoms with E-state index in [-0.39, 0.29) is 18.3 Å². The van der Waals surface area contributed by atoms with Crippen molar-refractivity contribution in [3.8, 4) is 22.9 Å². The number of hydrogen-bond acceptors (Lipinski definition) is 5. The van der Waals surface area contributed by atoms with Crippen LogP contribution in [0.4, 0.5) is 0 Å². The number of carboxylic acid groups (broad SMARTS) is 1. The van der Waals surface area contributed by atoms with Crippen molar-refractivity contribution in [1.82, 2.24) is 14.9 Å². The summed E-state index contributed by atoms with van der Waals surface area (Å²) in [5.41, 5.74) is 4.12. The molecule has 0 saturated carbocycles. The van der Waals surface area contributed by atoms with E-state index in [2.05, 4.69) is 16.8 Å². The molecule has 1 aromatic heterocycles. The SMILES string of the molecule is CCCCCCCn1c(-c2ccc(C(=O)NCc3ccc4c(c3)OCO4)cc2)nc2cc(C(=O)O)ccc21. The maximum Gasteiger partial charge on any atom is 0.335 e. The Hall–Kier alpha value is -4.33. The van der Waals surface area contributed by atoms with E-state index >= 15 is 0 Å². The average Bonchev–Trinajstić information content (AvgIpc) is 3.55. The first-order chi connectivity index (χ1) is 18.5. The molecule has 0 bridgehead atoms. The van der Waals surface area contributed by atoms with E-state index in [9.17, 15) is 14.7 Å². The van der Waals surface area contributed by atoms with E-state index in [0.29, 0.717) is 29.1 Å². The third-order valence-corrected chi connectivity index (χ3v) is 6.78. The van der Waals surface area contributed by atoms with Crippen LogP contribution in [0.5, 0.6) is 11.5 Å². The minimum Gasteiger partial charge on any atom is -0.478 e. The zero-order valence-corrected chi connectivity index (χ0v) is 21.4. The van der Waals surface area contributed by atoms with Crippen LogP contribution in [-0.2, 0) is 13.1 Å². The van der Waals surface area contributed by atoms with Crippen molar-refractivity contribution in [3.63, 3.8) is 0 Å². The Morgan fingerprint density at radius 1 is 0.921 bits per heavy atom. The molecule has 2 N–H and O–H groups in total. The molecule has 8 nitrogen and oxygen atoms in total. The lowest BCUT2D eigenvalue weighted by Crippen LogP contribution is -2.22. The van der Waals surface area contributed by atoms with Crippen LogP contribution in [-0.4, -0.2) is 33.3 Å². The molecule has 0 radical (unpaired) electrons. The molecule has 2 heterocycles. The number of carboxylic acids is 1. The monoisotopic (exact) mass is 513 g/mol. The molecule has 38 heavy (non-hydrogen) atoms. The normalized spacial score (nSPS) is 12.1. The number of hydrogen-bond donors (Lipinski definition) is 2. The highest BCUT2D eigenvalue weighted by atomic mass is 16.7. The number of nitrogens with zero attached hydrogens (tertiary/aromatic N) is 2. The first-order valence-electron chi connectivity index (χ1n) is 13.0. The number of nitrogens with one attached hydrogen (secondary N) is 1. The maximum absolute atomic E-state index is 12.8. The predicted octanol–water partition coefficient (Wildman–Crippen LogP) is 6.03. The van der Waals surface area contributed by atoms with Gasteiger partial charge in [-0.2, -0.15) is 0 Å². The minimum atomic E-state index is -0.973. The fraction of sp³-hybridized carbons (Fsp3) is 0.300. The van der Waals surface area contributed by atoms with Crippen molar-refractivity contribution in [3.05, 3.63) is 77.4 Å². The van der Waals surface area contributed by atoms with Gasteiger partial charge in [0.2, 0.25) is 6.79 Å². The Morgan fingerprint density at radius 2 is 1.68 bits per heavy atom. The lowest BCUT2D eigenvalue weighted by atomic mass is 10.1. The molecule has 0 fully saturated rings. The van der Waals surface area contributed by atoms with Crippen molar-refractivity contribution in [2.45, 2.75) is 52.1 Å². The van der Waals surface area contributed by atoms with Crippen LogP contribution in [0, 0.1) is 0 Å². The van der Waals surface area contributed by atoms with Crippen LogP contribution < -0.4 is 14.8 Å². The highest BCUT2D eigenvalue weighted by molar-refractivity contribution is 5.95. The quantitative estimate of drug-likeness (QED) is 0.237. The van der Waals surface area contributed by atoms with Gasteiger partial charge in [0.15, 0.2) is 11.5 Å². The number of aryl methyl sites for hydroxylation is 1. The third-order valence-electron chi connectivity index (χ3n) is 6.78. The molecular weight excluding hydrogens is 482 g/mol. The Morgan fingerprint density at radius 3 is 2.47 bits per heavy atom. The number of carbonyl (C=O) groups excluding carboxylic acids is 1. The van der Waals surface area contributed by atoms with Crippen molar-refractivity contribution in [1.29, 1.82) is 0 Å². The Bertz CT molecular complexity index is 1460. The van der Waals surface area contributed by atoms with Crippen molar-refractivity contribution in [2.75, 3.05) is 6.79 Å². The zero-order chi connectivity index (χ0) is 26.5. The van der Waals surface area contributed by atoms with Gasteiger partial charge in [-0.25, -0.2) is 9.78 Å². The number of aromatic nitrogens is 2. The number of benzene rings is 3. The summed E-state index contributed by atoms with van der Waals surface area (Å²) >= 11 is 0. The molecule has 1 amide bonds. The molecule has 0 saturated heterocycles. The second-order valence-electron chi connectivity index (χ2n) is 9.46. The summed E-state index contributed by atoms with van der Waals surface area (Å²) in [6.45, 7) is 3.57. The van der Waals surface area contributed by atoms with Crippen LogP contribution >= 0.6 is 0 Å². The van der Waals surface area contributed by atoms with Crippen LogP contribution in [0.25, 0.3) is 22.4 Å². The van der Waals surface area contributed by atoms with Crippen molar-refractivity contribution < 1.29 is 24.2 Å². The summed E-state index contributed by atoms with van der Waals surface area (Å²) in [6.07, 6.45) is 5.74. The molecule has 0 aliphatic carbocycles. The number of aromatic carboxylic acids is 1. The van der Waals surface area contributed by atoms with E-state index < -0.39 is 5.97 Å². The van der Waals surface area contributed by atoms with Gasteiger partial charge in [0.25, 0.3) is 5.91 Å². The second-order valence-corrected chi connectivity index (χ2v) is 9.46. The minimum absolute atomic E-state index is 0.176. The first-order valence-corrected chi connectivity index (χ1v) is 13.0. The van der Waals surface area contributed by atoms with Gasteiger partial charge in [-0.1, -0.05) is 50.8 Å². The van der Waals surface area contributed by atoms with Crippen LogP contribution in [0.2, 0.25) is 0 Å². The molecule has 1 aliphatic heterocycles. The summed E-state index contributed by atoms with van der Waals surface area (Å²) in [6, 6.07) is 18.0. The molecule has 8 heteroatoms. The van der Waals surface area contributed by atoms with Gasteiger partial charge in [-0.3, -0.25) is 4.79 Å². The number of ether oxygens (including phenoxy) is 2. The molecule has 0 unspecified atom stereocenters. The van der Waals surface area contributed by atoms with Gasteiger partial charge in [0.05, 0.1) is 16.6 Å². The van der Waals surface area contributed by atoms with Gasteiger partial charge < -0.3 is 24.5 Å². The lowest BCUT2D eigenvalue weighted by molar-refractivity contribution is 0.0696. The maximum atomic E-state index is 12.8. The van der Waals surface area contributed by atoms with Gasteiger partial charge in [-0.15, -0.1) is 0 Å². The molecule has 5 rings (SSSR count). The summed E-state index contributed by atoms with van der Waals surface area (Å²) < 4.78 is 12.9. The third kappa shape index (κ3) is 5.49. The van der Waals surface area contributed by atoms with Crippen LogP contribution in [0.3, 0.4) is 0 Å². The van der Waals surface area contributed by atoms with Crippen LogP contribution in [0.1, 0.15) is 65.3 Å². The predicted molar refractivity (Wildman–Crippen MR) is 145 cm³/mol. The highest BCUT2D eigenvalue weighted by Crippen LogP contribution is 2.32. The van der Waals surface area contributed by atoms with E-state index in [4.69, 9.17) is 14.5 Å².